The fourth-order valence-electron chi connectivity index (χ4n) is 1.45. The molecule has 0 aliphatic rings. The first-order valence-electron chi connectivity index (χ1n) is 6.22. The average molecular weight is 225 g/mol. The molecule has 0 amide bonds. The third-order valence-corrected chi connectivity index (χ3v) is 2.96. The van der Waals surface area contributed by atoms with Gasteiger partial charge in [0.25, 0.3) is 0 Å². The monoisotopic (exact) mass is 225 g/mol. The average Bonchev–Trinajstić information content (AvgIpc) is 2.74. The fourth-order valence-corrected chi connectivity index (χ4v) is 1.45. The van der Waals surface area contributed by atoms with E-state index in [1.807, 2.05) is 13.8 Å². The van der Waals surface area contributed by atoms with Crippen molar-refractivity contribution in [1.82, 2.24) is 10.1 Å². The van der Waals surface area contributed by atoms with Crippen molar-refractivity contribution in [3.63, 3.8) is 0 Å². The third-order valence-electron chi connectivity index (χ3n) is 2.96. The SMILES string of the molecule is CCCCCCc1nc(C(C)(N)CC)no1. The van der Waals surface area contributed by atoms with Crippen LogP contribution in [0.2, 0.25) is 0 Å². The molecule has 1 aromatic heterocycles. The van der Waals surface area contributed by atoms with E-state index in [2.05, 4.69) is 17.1 Å². The molecule has 4 nitrogen and oxygen atoms in total. The van der Waals surface area contributed by atoms with Gasteiger partial charge in [-0.1, -0.05) is 38.3 Å². The number of nitrogens with two attached hydrogens (primary N) is 1. The standard InChI is InChI=1S/C12H23N3O/c1-4-6-7-8-9-10-14-11(15-16-10)12(3,13)5-2/h4-9,13H2,1-3H3. The van der Waals surface area contributed by atoms with Crippen molar-refractivity contribution in [1.29, 1.82) is 0 Å². The Bertz CT molecular complexity index is 307. The van der Waals surface area contributed by atoms with E-state index >= 15 is 0 Å². The summed E-state index contributed by atoms with van der Waals surface area (Å²) in [5.41, 5.74) is 5.57. The van der Waals surface area contributed by atoms with Gasteiger partial charge in [0.1, 0.15) is 0 Å². The quantitative estimate of drug-likeness (QED) is 0.725. The third kappa shape index (κ3) is 3.59. The molecule has 0 aliphatic heterocycles. The smallest absolute Gasteiger partial charge is 0.226 e. The van der Waals surface area contributed by atoms with Crippen molar-refractivity contribution >= 4 is 0 Å². The predicted octanol–water partition coefficient (Wildman–Crippen LogP) is 2.78. The molecule has 0 saturated heterocycles. The summed E-state index contributed by atoms with van der Waals surface area (Å²) < 4.78 is 5.19. The second kappa shape index (κ2) is 5.99. The zero-order valence-electron chi connectivity index (χ0n) is 10.6. The minimum Gasteiger partial charge on any atom is -0.339 e. The second-order valence-electron chi connectivity index (χ2n) is 4.59. The number of rotatable bonds is 7. The molecule has 16 heavy (non-hydrogen) atoms. The number of aromatic nitrogens is 2. The molecule has 0 aliphatic carbocycles. The van der Waals surface area contributed by atoms with Gasteiger partial charge in [0.05, 0.1) is 5.54 Å². The van der Waals surface area contributed by atoms with Crippen LogP contribution in [-0.4, -0.2) is 10.1 Å². The summed E-state index contributed by atoms with van der Waals surface area (Å²) in [6.45, 7) is 6.15. The molecule has 0 bridgehead atoms. The minimum atomic E-state index is -0.467. The summed E-state index contributed by atoms with van der Waals surface area (Å²) in [7, 11) is 0. The van der Waals surface area contributed by atoms with Gasteiger partial charge in [0.15, 0.2) is 5.82 Å². The summed E-state index contributed by atoms with van der Waals surface area (Å²) in [6.07, 6.45) is 6.52. The van der Waals surface area contributed by atoms with Gasteiger partial charge in [0, 0.05) is 6.42 Å². The zero-order chi connectivity index (χ0) is 12.0. The molecule has 0 radical (unpaired) electrons. The maximum Gasteiger partial charge on any atom is 0.226 e. The Morgan fingerprint density at radius 2 is 2.00 bits per heavy atom. The summed E-state index contributed by atoms with van der Waals surface area (Å²) in [6, 6.07) is 0. The Morgan fingerprint density at radius 3 is 2.62 bits per heavy atom. The van der Waals surface area contributed by atoms with Crippen molar-refractivity contribution in [2.45, 2.75) is 64.8 Å². The van der Waals surface area contributed by atoms with Crippen LogP contribution in [-0.2, 0) is 12.0 Å². The van der Waals surface area contributed by atoms with E-state index in [4.69, 9.17) is 10.3 Å². The highest BCUT2D eigenvalue weighted by atomic mass is 16.5. The fraction of sp³-hybridized carbons (Fsp3) is 0.833. The highest BCUT2D eigenvalue weighted by Crippen LogP contribution is 2.18. The molecule has 0 fully saturated rings. The van der Waals surface area contributed by atoms with E-state index in [0.29, 0.717) is 5.82 Å². The van der Waals surface area contributed by atoms with Gasteiger partial charge >= 0.3 is 0 Å². The number of hydrogen-bond donors (Lipinski definition) is 1. The van der Waals surface area contributed by atoms with Crippen LogP contribution in [0.3, 0.4) is 0 Å². The van der Waals surface area contributed by atoms with Crippen LogP contribution in [0.1, 0.15) is 64.6 Å². The van der Waals surface area contributed by atoms with Crippen molar-refractivity contribution in [2.24, 2.45) is 5.73 Å². The number of nitrogens with zero attached hydrogens (tertiary/aromatic N) is 2. The van der Waals surface area contributed by atoms with Gasteiger partial charge in [-0.2, -0.15) is 4.98 Å². The number of aryl methyl sites for hydroxylation is 1. The Morgan fingerprint density at radius 1 is 1.25 bits per heavy atom. The van der Waals surface area contributed by atoms with E-state index in [1.165, 1.54) is 19.3 Å². The van der Waals surface area contributed by atoms with Crippen LogP contribution in [0, 0.1) is 0 Å². The molecule has 2 N–H and O–H groups in total. The molecule has 1 unspecified atom stereocenters. The van der Waals surface area contributed by atoms with E-state index in [-0.39, 0.29) is 0 Å². The Balaban J connectivity index is 2.45. The van der Waals surface area contributed by atoms with Gasteiger partial charge in [-0.05, 0) is 19.8 Å². The summed E-state index contributed by atoms with van der Waals surface area (Å²) >= 11 is 0. The van der Waals surface area contributed by atoms with Crippen LogP contribution in [0.25, 0.3) is 0 Å². The molecular formula is C12H23N3O. The Hall–Kier alpha value is -0.900. The lowest BCUT2D eigenvalue weighted by Gasteiger charge is -2.16. The van der Waals surface area contributed by atoms with Crippen LogP contribution in [0.4, 0.5) is 0 Å². The number of unbranched alkanes of at least 4 members (excludes halogenated alkanes) is 3. The lowest BCUT2D eigenvalue weighted by molar-refractivity contribution is 0.349. The maximum absolute atomic E-state index is 6.04. The summed E-state index contributed by atoms with van der Waals surface area (Å²) in [5.74, 6) is 1.34. The lowest BCUT2D eigenvalue weighted by Crippen LogP contribution is -2.33. The first-order valence-corrected chi connectivity index (χ1v) is 6.22. The van der Waals surface area contributed by atoms with E-state index < -0.39 is 5.54 Å². The Kier molecular flexibility index (Phi) is 4.93. The predicted molar refractivity (Wildman–Crippen MR) is 64.0 cm³/mol. The molecule has 4 heteroatoms. The number of hydrogen-bond acceptors (Lipinski definition) is 4. The molecule has 0 spiro atoms. The molecule has 0 aromatic carbocycles. The summed E-state index contributed by atoms with van der Waals surface area (Å²) in [4.78, 5) is 4.35. The highest BCUT2D eigenvalue weighted by Gasteiger charge is 2.24. The second-order valence-corrected chi connectivity index (χ2v) is 4.59. The first kappa shape index (κ1) is 13.2. The topological polar surface area (TPSA) is 64.9 Å². The van der Waals surface area contributed by atoms with Crippen molar-refractivity contribution < 1.29 is 4.52 Å². The molecule has 1 rings (SSSR count). The van der Waals surface area contributed by atoms with Crippen molar-refractivity contribution in [3.05, 3.63) is 11.7 Å². The lowest BCUT2D eigenvalue weighted by atomic mass is 10.0. The van der Waals surface area contributed by atoms with Crippen LogP contribution in [0.15, 0.2) is 4.52 Å². The van der Waals surface area contributed by atoms with Gasteiger partial charge in [-0.15, -0.1) is 0 Å². The summed E-state index contributed by atoms with van der Waals surface area (Å²) in [5, 5.41) is 3.95. The van der Waals surface area contributed by atoms with Crippen LogP contribution in [0.5, 0.6) is 0 Å². The minimum absolute atomic E-state index is 0.467. The van der Waals surface area contributed by atoms with Gasteiger partial charge in [-0.3, -0.25) is 0 Å². The molecule has 1 aromatic rings. The first-order chi connectivity index (χ1) is 7.60. The van der Waals surface area contributed by atoms with Gasteiger partial charge in [0.2, 0.25) is 5.89 Å². The van der Waals surface area contributed by atoms with E-state index in [0.717, 1.165) is 25.2 Å². The maximum atomic E-state index is 6.04. The largest absolute Gasteiger partial charge is 0.339 e. The van der Waals surface area contributed by atoms with Crippen LogP contribution < -0.4 is 5.73 Å². The molecular weight excluding hydrogens is 202 g/mol. The highest BCUT2D eigenvalue weighted by molar-refractivity contribution is 5.00. The van der Waals surface area contributed by atoms with Gasteiger partial charge in [-0.25, -0.2) is 0 Å². The van der Waals surface area contributed by atoms with E-state index in [9.17, 15) is 0 Å². The molecule has 1 heterocycles. The zero-order valence-corrected chi connectivity index (χ0v) is 10.6. The van der Waals surface area contributed by atoms with Crippen molar-refractivity contribution in [3.8, 4) is 0 Å². The van der Waals surface area contributed by atoms with Crippen LogP contribution >= 0.6 is 0 Å². The molecule has 1 atom stereocenters. The normalized spacial score (nSPS) is 15.0. The van der Waals surface area contributed by atoms with E-state index in [1.54, 1.807) is 0 Å². The molecule has 0 saturated carbocycles. The molecule has 92 valence electrons. The van der Waals surface area contributed by atoms with Gasteiger partial charge < -0.3 is 10.3 Å². The van der Waals surface area contributed by atoms with Crippen molar-refractivity contribution in [2.75, 3.05) is 0 Å². The Labute approximate surface area is 97.6 Å².